The average molecular weight is 269 g/mol. The third-order valence-electron chi connectivity index (χ3n) is 4.65. The first-order valence-electron chi connectivity index (χ1n) is 7.46. The van der Waals surface area contributed by atoms with Crippen LogP contribution in [0.3, 0.4) is 0 Å². The van der Waals surface area contributed by atoms with Gasteiger partial charge in [0.2, 0.25) is 5.91 Å². The topological polar surface area (TPSA) is 69.8 Å². The van der Waals surface area contributed by atoms with Gasteiger partial charge in [0, 0.05) is 12.6 Å². The minimum absolute atomic E-state index is 0.0220. The lowest BCUT2D eigenvalue weighted by atomic mass is 9.94. The van der Waals surface area contributed by atoms with Gasteiger partial charge in [-0.15, -0.1) is 0 Å². The molecule has 5 heteroatoms. The fraction of sp³-hybridized carbons (Fsp3) is 0.929. The van der Waals surface area contributed by atoms with E-state index in [-0.39, 0.29) is 18.6 Å². The molecule has 5 nitrogen and oxygen atoms in total. The number of carbonyl (C=O) groups is 1. The Kier molecular flexibility index (Phi) is 4.81. The molecule has 0 radical (unpaired) electrons. The third kappa shape index (κ3) is 3.27. The smallest absolute Gasteiger partial charge is 0.242 e. The highest BCUT2D eigenvalue weighted by Gasteiger charge is 2.41. The van der Waals surface area contributed by atoms with Gasteiger partial charge in [-0.25, -0.2) is 0 Å². The van der Waals surface area contributed by atoms with Gasteiger partial charge in [0.15, 0.2) is 0 Å². The minimum Gasteiger partial charge on any atom is -0.395 e. The zero-order chi connectivity index (χ0) is 13.9. The monoisotopic (exact) mass is 269 g/mol. The molecule has 1 amide bonds. The van der Waals surface area contributed by atoms with E-state index >= 15 is 0 Å². The predicted molar refractivity (Wildman–Crippen MR) is 74.7 cm³/mol. The quantitative estimate of drug-likeness (QED) is 0.763. The Balaban J connectivity index is 2.04. The molecule has 0 aromatic rings. The predicted octanol–water partition coefficient (Wildman–Crippen LogP) is 0.173. The van der Waals surface area contributed by atoms with Gasteiger partial charge in [-0.2, -0.15) is 0 Å². The Morgan fingerprint density at radius 1 is 1.37 bits per heavy atom. The summed E-state index contributed by atoms with van der Waals surface area (Å²) < 4.78 is 0. The molecule has 0 atom stereocenters. The van der Waals surface area contributed by atoms with Crippen LogP contribution in [-0.4, -0.2) is 65.7 Å². The summed E-state index contributed by atoms with van der Waals surface area (Å²) in [5.74, 6) is 0.0635. The number of amides is 1. The minimum atomic E-state index is -0.668. The van der Waals surface area contributed by atoms with Crippen LogP contribution in [-0.2, 0) is 4.79 Å². The van der Waals surface area contributed by atoms with E-state index in [1.807, 2.05) is 4.90 Å². The summed E-state index contributed by atoms with van der Waals surface area (Å²) in [6.07, 6.45) is 5.64. The molecule has 2 rings (SSSR count). The highest BCUT2D eigenvalue weighted by Crippen LogP contribution is 2.30. The number of hydrogen-bond acceptors (Lipinski definition) is 4. The second-order valence-corrected chi connectivity index (χ2v) is 6.12. The molecular formula is C14H27N3O2. The van der Waals surface area contributed by atoms with Gasteiger partial charge in [0.05, 0.1) is 12.1 Å². The number of hydrogen-bond donors (Lipinski definition) is 2. The Morgan fingerprint density at radius 3 is 2.47 bits per heavy atom. The fourth-order valence-corrected chi connectivity index (χ4v) is 3.37. The number of aliphatic hydroxyl groups is 1. The van der Waals surface area contributed by atoms with Crippen molar-refractivity contribution in [2.75, 3.05) is 33.3 Å². The maximum atomic E-state index is 12.7. The summed E-state index contributed by atoms with van der Waals surface area (Å²) in [6, 6.07) is 0.247. The molecule has 1 aliphatic heterocycles. The van der Waals surface area contributed by atoms with E-state index in [4.69, 9.17) is 5.73 Å². The molecular weight excluding hydrogens is 242 g/mol. The number of nitrogens with zero attached hydrogens (tertiary/aromatic N) is 2. The second kappa shape index (κ2) is 6.20. The van der Waals surface area contributed by atoms with Crippen LogP contribution in [0.2, 0.25) is 0 Å². The van der Waals surface area contributed by atoms with Crippen molar-refractivity contribution >= 4 is 5.91 Å². The van der Waals surface area contributed by atoms with E-state index in [1.165, 1.54) is 0 Å². The van der Waals surface area contributed by atoms with Gasteiger partial charge in [0.1, 0.15) is 0 Å². The number of piperidine rings is 1. The average Bonchev–Trinajstić information content (AvgIpc) is 2.85. The van der Waals surface area contributed by atoms with Crippen LogP contribution >= 0.6 is 0 Å². The van der Waals surface area contributed by atoms with Gasteiger partial charge >= 0.3 is 0 Å². The molecule has 1 heterocycles. The van der Waals surface area contributed by atoms with E-state index in [2.05, 4.69) is 11.9 Å². The Labute approximate surface area is 115 Å². The molecule has 110 valence electrons. The Morgan fingerprint density at radius 2 is 1.95 bits per heavy atom. The van der Waals surface area contributed by atoms with Crippen molar-refractivity contribution in [1.82, 2.24) is 9.80 Å². The molecule has 19 heavy (non-hydrogen) atoms. The maximum absolute atomic E-state index is 12.7. The maximum Gasteiger partial charge on any atom is 0.242 e. The van der Waals surface area contributed by atoms with Crippen molar-refractivity contribution in [2.45, 2.75) is 50.1 Å². The second-order valence-electron chi connectivity index (χ2n) is 6.12. The highest BCUT2D eigenvalue weighted by atomic mass is 16.3. The first kappa shape index (κ1) is 14.8. The summed E-state index contributed by atoms with van der Waals surface area (Å²) in [5.41, 5.74) is 5.62. The zero-order valence-corrected chi connectivity index (χ0v) is 12.0. The van der Waals surface area contributed by atoms with E-state index in [0.717, 1.165) is 51.6 Å². The molecule has 0 aromatic heterocycles. The van der Waals surface area contributed by atoms with Crippen molar-refractivity contribution in [3.05, 3.63) is 0 Å². The zero-order valence-electron chi connectivity index (χ0n) is 12.0. The van der Waals surface area contributed by atoms with Crippen LogP contribution in [0.15, 0.2) is 0 Å². The van der Waals surface area contributed by atoms with E-state index in [9.17, 15) is 9.90 Å². The molecule has 0 unspecified atom stereocenters. The van der Waals surface area contributed by atoms with Gasteiger partial charge < -0.3 is 20.6 Å². The summed E-state index contributed by atoms with van der Waals surface area (Å²) in [7, 11) is 2.11. The van der Waals surface area contributed by atoms with Crippen LogP contribution in [0.5, 0.6) is 0 Å². The molecule has 3 N–H and O–H groups in total. The molecule has 1 saturated carbocycles. The first-order valence-corrected chi connectivity index (χ1v) is 7.46. The third-order valence-corrected chi connectivity index (χ3v) is 4.65. The summed E-state index contributed by atoms with van der Waals surface area (Å²) in [4.78, 5) is 16.9. The van der Waals surface area contributed by atoms with Gasteiger partial charge in [0.25, 0.3) is 0 Å². The van der Waals surface area contributed by atoms with Crippen LogP contribution in [0, 0.1) is 0 Å². The Bertz CT molecular complexity index is 308. The van der Waals surface area contributed by atoms with Gasteiger partial charge in [-0.1, -0.05) is 12.8 Å². The SMILES string of the molecule is CN1CCC(N(CCO)C(=O)C2(N)CCCC2)CC1. The summed E-state index contributed by atoms with van der Waals surface area (Å²) in [5, 5.41) is 9.25. The molecule has 1 aliphatic carbocycles. The normalized spacial score (nSPS) is 24.6. The molecule has 2 fully saturated rings. The summed E-state index contributed by atoms with van der Waals surface area (Å²) in [6.45, 7) is 2.47. The van der Waals surface area contributed by atoms with Crippen molar-refractivity contribution in [3.8, 4) is 0 Å². The first-order chi connectivity index (χ1) is 9.07. The lowest BCUT2D eigenvalue weighted by molar-refractivity contribution is -0.140. The molecule has 1 saturated heterocycles. The number of likely N-dealkylation sites (tertiary alicyclic amines) is 1. The van der Waals surface area contributed by atoms with Gasteiger partial charge in [-0.3, -0.25) is 4.79 Å². The lowest BCUT2D eigenvalue weighted by Gasteiger charge is -2.40. The number of carbonyl (C=O) groups excluding carboxylic acids is 1. The highest BCUT2D eigenvalue weighted by molar-refractivity contribution is 5.86. The van der Waals surface area contributed by atoms with Crippen LogP contribution in [0.1, 0.15) is 38.5 Å². The Hall–Kier alpha value is -0.650. The van der Waals surface area contributed by atoms with Gasteiger partial charge in [-0.05, 0) is 45.8 Å². The van der Waals surface area contributed by atoms with E-state index in [1.54, 1.807) is 0 Å². The molecule has 0 bridgehead atoms. The van der Waals surface area contributed by atoms with Crippen molar-refractivity contribution in [1.29, 1.82) is 0 Å². The van der Waals surface area contributed by atoms with Crippen molar-refractivity contribution in [3.63, 3.8) is 0 Å². The standard InChI is InChI=1S/C14H27N3O2/c1-16-8-4-12(5-9-16)17(10-11-18)13(19)14(15)6-2-3-7-14/h12,18H,2-11,15H2,1H3. The van der Waals surface area contributed by atoms with E-state index < -0.39 is 5.54 Å². The van der Waals surface area contributed by atoms with Crippen LogP contribution < -0.4 is 5.73 Å². The summed E-state index contributed by atoms with van der Waals surface area (Å²) >= 11 is 0. The fourth-order valence-electron chi connectivity index (χ4n) is 3.37. The molecule has 2 aliphatic rings. The molecule has 0 spiro atoms. The van der Waals surface area contributed by atoms with Crippen LogP contribution in [0.25, 0.3) is 0 Å². The number of rotatable bonds is 4. The largest absolute Gasteiger partial charge is 0.395 e. The lowest BCUT2D eigenvalue weighted by Crippen LogP contribution is -2.58. The van der Waals surface area contributed by atoms with Crippen molar-refractivity contribution < 1.29 is 9.90 Å². The van der Waals surface area contributed by atoms with Crippen LogP contribution in [0.4, 0.5) is 0 Å². The van der Waals surface area contributed by atoms with E-state index in [0.29, 0.717) is 6.54 Å². The molecule has 0 aromatic carbocycles. The van der Waals surface area contributed by atoms with Crippen molar-refractivity contribution in [2.24, 2.45) is 5.73 Å². The number of aliphatic hydroxyl groups excluding tert-OH is 1. The number of nitrogens with two attached hydrogens (primary N) is 1.